The largest absolute Gasteiger partial charge is 0.228 e. The van der Waals surface area contributed by atoms with E-state index in [2.05, 4.69) is 146 Å². The second-order valence-corrected chi connectivity index (χ2v) is 14.4. The second-order valence-electron chi connectivity index (χ2n) is 14.4. The summed E-state index contributed by atoms with van der Waals surface area (Å²) in [6.07, 6.45) is 6.33. The fraction of sp³-hybridized carbons (Fsp3) is 0.120. The van der Waals surface area contributed by atoms with Crippen LogP contribution in [0.1, 0.15) is 43.2 Å². The van der Waals surface area contributed by atoms with Gasteiger partial charge in [0.2, 0.25) is 0 Å². The Bertz CT molecular complexity index is 2540. The quantitative estimate of drug-likeness (QED) is 0.183. The minimum Gasteiger partial charge on any atom is -0.228 e. The zero-order valence-corrected chi connectivity index (χ0v) is 29.1. The molecule has 0 aliphatic heterocycles. The molecule has 2 aliphatic carbocycles. The molecule has 0 unspecified atom stereocenters. The van der Waals surface area contributed by atoms with Crippen LogP contribution in [0.25, 0.3) is 78.1 Å². The molecule has 2 nitrogen and oxygen atoms in total. The predicted molar refractivity (Wildman–Crippen MR) is 216 cm³/mol. The Labute approximate surface area is 305 Å². The number of aromatic nitrogens is 2. The van der Waals surface area contributed by atoms with Gasteiger partial charge in [0.05, 0.1) is 11.4 Å². The SMILES string of the molecule is c1ccc(-c2cc(-c3ccccc3-c3cccc(-c4cccc5c4-c4cc6ccccc6cc4C54CCCCC4)c3)nc(-c3ccccc3)n2)cc1. The molecule has 1 heterocycles. The number of benzene rings is 7. The minimum absolute atomic E-state index is 0.0904. The zero-order chi connectivity index (χ0) is 34.5. The molecule has 2 aliphatic rings. The van der Waals surface area contributed by atoms with Crippen molar-refractivity contribution in [1.29, 1.82) is 0 Å². The third-order valence-corrected chi connectivity index (χ3v) is 11.5. The molecule has 0 radical (unpaired) electrons. The zero-order valence-electron chi connectivity index (χ0n) is 29.1. The van der Waals surface area contributed by atoms with Crippen LogP contribution in [0.15, 0.2) is 170 Å². The summed E-state index contributed by atoms with van der Waals surface area (Å²) in [6, 6.07) is 61.6. The highest BCUT2D eigenvalue weighted by Crippen LogP contribution is 2.58. The van der Waals surface area contributed by atoms with Crippen LogP contribution >= 0.6 is 0 Å². The van der Waals surface area contributed by atoms with Crippen molar-refractivity contribution >= 4 is 10.8 Å². The van der Waals surface area contributed by atoms with E-state index >= 15 is 0 Å². The Morgan fingerprint density at radius 3 is 1.71 bits per heavy atom. The van der Waals surface area contributed by atoms with Gasteiger partial charge in [-0.05, 0) is 92.4 Å². The molecule has 0 bridgehead atoms. The molecule has 7 aromatic carbocycles. The lowest BCUT2D eigenvalue weighted by molar-refractivity contribution is 0.353. The molecule has 0 N–H and O–H groups in total. The second kappa shape index (κ2) is 12.6. The van der Waals surface area contributed by atoms with E-state index < -0.39 is 0 Å². The van der Waals surface area contributed by atoms with Crippen LogP contribution in [-0.4, -0.2) is 9.97 Å². The van der Waals surface area contributed by atoms with Crippen LogP contribution in [0.5, 0.6) is 0 Å². The van der Waals surface area contributed by atoms with E-state index in [4.69, 9.17) is 9.97 Å². The average molecular weight is 667 g/mol. The highest BCUT2D eigenvalue weighted by Gasteiger charge is 2.44. The maximum absolute atomic E-state index is 5.20. The Balaban J connectivity index is 1.13. The molecule has 8 aromatic rings. The smallest absolute Gasteiger partial charge is 0.160 e. The fourth-order valence-corrected chi connectivity index (χ4v) is 9.03. The Morgan fingerprint density at radius 1 is 0.365 bits per heavy atom. The number of fused-ring (bicyclic) bond motifs is 6. The van der Waals surface area contributed by atoms with Gasteiger partial charge < -0.3 is 0 Å². The first-order valence-corrected chi connectivity index (χ1v) is 18.6. The van der Waals surface area contributed by atoms with E-state index in [0.29, 0.717) is 0 Å². The third kappa shape index (κ3) is 5.09. The van der Waals surface area contributed by atoms with Crippen LogP contribution < -0.4 is 0 Å². The monoisotopic (exact) mass is 666 g/mol. The lowest BCUT2D eigenvalue weighted by Gasteiger charge is -2.36. The summed E-state index contributed by atoms with van der Waals surface area (Å²) in [5.74, 6) is 0.725. The number of nitrogens with zero attached hydrogens (tertiary/aromatic N) is 2. The molecule has 1 aromatic heterocycles. The normalized spacial score (nSPS) is 14.3. The topological polar surface area (TPSA) is 25.8 Å². The van der Waals surface area contributed by atoms with Crippen molar-refractivity contribution in [2.24, 2.45) is 0 Å². The Hall–Kier alpha value is -6.12. The van der Waals surface area contributed by atoms with Crippen LogP contribution in [-0.2, 0) is 5.41 Å². The maximum Gasteiger partial charge on any atom is 0.160 e. The summed E-state index contributed by atoms with van der Waals surface area (Å²) in [7, 11) is 0. The molecule has 52 heavy (non-hydrogen) atoms. The third-order valence-electron chi connectivity index (χ3n) is 11.5. The molecule has 2 heteroatoms. The maximum atomic E-state index is 5.20. The molecular formula is C50H38N2. The molecule has 0 saturated heterocycles. The number of hydrogen-bond donors (Lipinski definition) is 0. The van der Waals surface area contributed by atoms with Crippen molar-refractivity contribution in [2.75, 3.05) is 0 Å². The van der Waals surface area contributed by atoms with Crippen LogP contribution in [0.3, 0.4) is 0 Å². The average Bonchev–Trinajstić information content (AvgIpc) is 3.48. The molecule has 0 amide bonds. The summed E-state index contributed by atoms with van der Waals surface area (Å²) in [6.45, 7) is 0. The summed E-state index contributed by atoms with van der Waals surface area (Å²) in [4.78, 5) is 10.3. The van der Waals surface area contributed by atoms with Crippen LogP contribution in [0, 0.1) is 0 Å². The molecule has 1 fully saturated rings. The van der Waals surface area contributed by atoms with Gasteiger partial charge in [0.15, 0.2) is 5.82 Å². The highest BCUT2D eigenvalue weighted by molar-refractivity contribution is 5.99. The van der Waals surface area contributed by atoms with E-state index in [9.17, 15) is 0 Å². The van der Waals surface area contributed by atoms with Crippen molar-refractivity contribution in [2.45, 2.75) is 37.5 Å². The summed E-state index contributed by atoms with van der Waals surface area (Å²) < 4.78 is 0. The first-order valence-electron chi connectivity index (χ1n) is 18.6. The Morgan fingerprint density at radius 2 is 0.942 bits per heavy atom. The summed E-state index contributed by atoms with van der Waals surface area (Å²) in [5.41, 5.74) is 15.9. The highest BCUT2D eigenvalue weighted by atomic mass is 14.9. The number of hydrogen-bond acceptors (Lipinski definition) is 2. The van der Waals surface area contributed by atoms with Crippen molar-refractivity contribution in [1.82, 2.24) is 9.97 Å². The first kappa shape index (κ1) is 30.7. The van der Waals surface area contributed by atoms with E-state index in [1.807, 2.05) is 24.3 Å². The van der Waals surface area contributed by atoms with Crippen molar-refractivity contribution < 1.29 is 0 Å². The van der Waals surface area contributed by atoms with E-state index in [1.165, 1.54) is 81.8 Å². The minimum atomic E-state index is 0.0904. The van der Waals surface area contributed by atoms with E-state index in [-0.39, 0.29) is 5.41 Å². The lowest BCUT2D eigenvalue weighted by atomic mass is 9.67. The molecule has 0 atom stereocenters. The van der Waals surface area contributed by atoms with Gasteiger partial charge in [0.25, 0.3) is 0 Å². The molecular weight excluding hydrogens is 629 g/mol. The van der Waals surface area contributed by atoms with Crippen LogP contribution in [0.2, 0.25) is 0 Å². The van der Waals surface area contributed by atoms with Gasteiger partial charge in [-0.3, -0.25) is 0 Å². The van der Waals surface area contributed by atoms with Gasteiger partial charge in [-0.2, -0.15) is 0 Å². The molecule has 1 spiro atoms. The van der Waals surface area contributed by atoms with Crippen molar-refractivity contribution in [3.63, 3.8) is 0 Å². The van der Waals surface area contributed by atoms with Gasteiger partial charge >= 0.3 is 0 Å². The molecule has 10 rings (SSSR count). The van der Waals surface area contributed by atoms with Gasteiger partial charge in [0.1, 0.15) is 0 Å². The van der Waals surface area contributed by atoms with Gasteiger partial charge in [-0.15, -0.1) is 0 Å². The lowest BCUT2D eigenvalue weighted by Crippen LogP contribution is -2.28. The molecule has 1 saturated carbocycles. The van der Waals surface area contributed by atoms with Crippen molar-refractivity contribution in [3.05, 3.63) is 181 Å². The van der Waals surface area contributed by atoms with Gasteiger partial charge in [-0.1, -0.05) is 165 Å². The fourth-order valence-electron chi connectivity index (χ4n) is 9.03. The van der Waals surface area contributed by atoms with Crippen molar-refractivity contribution in [3.8, 4) is 67.3 Å². The number of rotatable bonds is 5. The first-order chi connectivity index (χ1) is 25.7. The molecule has 248 valence electrons. The standard InChI is InChI=1S/C50H38N2/c1-4-16-34(17-5-1)46-33-47(52-49(51-46)35-18-6-2-7-19-35)42-25-11-10-24-40(42)38-22-14-23-39(30-38)41-26-15-27-44-48(41)43-31-36-20-8-9-21-37(36)32-45(43)50(44)28-12-3-13-29-50/h1-2,4-11,14-27,30-33H,3,12-13,28-29H2. The van der Waals surface area contributed by atoms with E-state index in [1.54, 1.807) is 0 Å². The van der Waals surface area contributed by atoms with E-state index in [0.717, 1.165) is 39.5 Å². The van der Waals surface area contributed by atoms with Gasteiger partial charge in [-0.25, -0.2) is 9.97 Å². The van der Waals surface area contributed by atoms with Crippen LogP contribution in [0.4, 0.5) is 0 Å². The summed E-state index contributed by atoms with van der Waals surface area (Å²) in [5, 5.41) is 2.65. The van der Waals surface area contributed by atoms with Gasteiger partial charge in [0, 0.05) is 22.1 Å². The summed E-state index contributed by atoms with van der Waals surface area (Å²) >= 11 is 0. The predicted octanol–water partition coefficient (Wildman–Crippen LogP) is 13.2. The Kier molecular flexibility index (Phi) is 7.42.